The van der Waals surface area contributed by atoms with Crippen LogP contribution in [0.1, 0.15) is 56.3 Å². The molecule has 6 nitrogen and oxygen atoms in total. The van der Waals surface area contributed by atoms with E-state index in [9.17, 15) is 9.59 Å². The highest BCUT2D eigenvalue weighted by Crippen LogP contribution is 2.31. The zero-order valence-corrected chi connectivity index (χ0v) is 15.9. The molecule has 0 aromatic carbocycles. The van der Waals surface area contributed by atoms with Crippen LogP contribution in [0.4, 0.5) is 0 Å². The highest BCUT2D eigenvalue weighted by molar-refractivity contribution is 5.94. The fourth-order valence-corrected chi connectivity index (χ4v) is 4.36. The number of likely N-dealkylation sites (tertiary alicyclic amines) is 1. The third kappa shape index (κ3) is 4.06. The monoisotopic (exact) mass is 358 g/mol. The lowest BCUT2D eigenvalue weighted by Gasteiger charge is -2.32. The van der Waals surface area contributed by atoms with E-state index >= 15 is 0 Å². The molecule has 0 bridgehead atoms. The maximum absolute atomic E-state index is 13.0. The van der Waals surface area contributed by atoms with Gasteiger partial charge in [-0.2, -0.15) is 0 Å². The van der Waals surface area contributed by atoms with Gasteiger partial charge in [0.2, 0.25) is 5.91 Å². The molecule has 1 aromatic heterocycles. The van der Waals surface area contributed by atoms with Gasteiger partial charge in [0.15, 0.2) is 0 Å². The van der Waals surface area contributed by atoms with E-state index in [4.69, 9.17) is 0 Å². The number of carbonyl (C=O) groups is 2. The minimum absolute atomic E-state index is 0.00724. The maximum Gasteiger partial charge on any atom is 0.253 e. The Kier molecular flexibility index (Phi) is 6.25. The summed E-state index contributed by atoms with van der Waals surface area (Å²) in [7, 11) is 0. The van der Waals surface area contributed by atoms with E-state index in [1.165, 1.54) is 12.8 Å². The zero-order chi connectivity index (χ0) is 18.5. The lowest BCUT2D eigenvalue weighted by Crippen LogP contribution is -2.48. The largest absolute Gasteiger partial charge is 0.348 e. The highest BCUT2D eigenvalue weighted by atomic mass is 16.2. The number of pyridine rings is 1. The van der Waals surface area contributed by atoms with Gasteiger partial charge in [0.25, 0.3) is 5.91 Å². The molecule has 0 radical (unpaired) electrons. The van der Waals surface area contributed by atoms with Crippen LogP contribution >= 0.6 is 0 Å². The Labute approximate surface area is 156 Å². The molecule has 0 unspecified atom stereocenters. The molecule has 2 heterocycles. The van der Waals surface area contributed by atoms with Crippen LogP contribution in [0.15, 0.2) is 24.5 Å². The van der Waals surface area contributed by atoms with Gasteiger partial charge in [-0.1, -0.05) is 12.8 Å². The van der Waals surface area contributed by atoms with Crippen LogP contribution in [0.2, 0.25) is 0 Å². The van der Waals surface area contributed by atoms with Crippen molar-refractivity contribution in [2.45, 2.75) is 64.1 Å². The molecular weight excluding hydrogens is 328 g/mol. The summed E-state index contributed by atoms with van der Waals surface area (Å²) in [5.41, 5.74) is 0.568. The summed E-state index contributed by atoms with van der Waals surface area (Å²) in [5.74, 6) is 0.102. The molecule has 1 saturated carbocycles. The number of carbonyl (C=O) groups excluding carboxylic acids is 2. The van der Waals surface area contributed by atoms with Gasteiger partial charge in [-0.25, -0.2) is 0 Å². The summed E-state index contributed by atoms with van der Waals surface area (Å²) in [5, 5.41) is 3.12. The second-order valence-corrected chi connectivity index (χ2v) is 7.31. The average molecular weight is 358 g/mol. The van der Waals surface area contributed by atoms with Crippen molar-refractivity contribution >= 4 is 11.8 Å². The van der Waals surface area contributed by atoms with Gasteiger partial charge in [0, 0.05) is 44.1 Å². The van der Waals surface area contributed by atoms with Crippen molar-refractivity contribution in [3.63, 3.8) is 0 Å². The Bertz CT molecular complexity index is 611. The first kappa shape index (κ1) is 18.8. The summed E-state index contributed by atoms with van der Waals surface area (Å²) in [6.45, 7) is 6.28. The van der Waals surface area contributed by atoms with Crippen molar-refractivity contribution in [2.75, 3.05) is 19.6 Å². The van der Waals surface area contributed by atoms with Crippen molar-refractivity contribution in [2.24, 2.45) is 0 Å². The molecule has 142 valence electrons. The van der Waals surface area contributed by atoms with Gasteiger partial charge in [-0.3, -0.25) is 19.5 Å². The molecule has 2 atom stereocenters. The minimum atomic E-state index is -0.114. The third-order valence-corrected chi connectivity index (χ3v) is 5.75. The van der Waals surface area contributed by atoms with Gasteiger partial charge >= 0.3 is 0 Å². The van der Waals surface area contributed by atoms with Gasteiger partial charge in [-0.15, -0.1) is 0 Å². The third-order valence-electron chi connectivity index (χ3n) is 5.75. The first-order valence-corrected chi connectivity index (χ1v) is 9.89. The molecule has 6 heteroatoms. The molecule has 1 saturated heterocycles. The molecule has 1 aliphatic heterocycles. The molecule has 1 aromatic rings. The van der Waals surface area contributed by atoms with E-state index < -0.39 is 0 Å². The van der Waals surface area contributed by atoms with Crippen molar-refractivity contribution in [1.82, 2.24) is 20.1 Å². The summed E-state index contributed by atoms with van der Waals surface area (Å²) in [4.78, 5) is 33.8. The summed E-state index contributed by atoms with van der Waals surface area (Å²) < 4.78 is 0. The number of rotatable bonds is 6. The van der Waals surface area contributed by atoms with Crippen LogP contribution < -0.4 is 5.32 Å². The number of likely N-dealkylation sites (N-methyl/N-ethyl adjacent to an activating group) is 1. The van der Waals surface area contributed by atoms with Crippen LogP contribution in [0.3, 0.4) is 0 Å². The van der Waals surface area contributed by atoms with Crippen LogP contribution in [0.5, 0.6) is 0 Å². The van der Waals surface area contributed by atoms with Crippen LogP contribution in [0, 0.1) is 0 Å². The predicted molar refractivity (Wildman–Crippen MR) is 101 cm³/mol. The predicted octanol–water partition coefficient (Wildman–Crippen LogP) is 2.07. The Morgan fingerprint density at radius 3 is 2.62 bits per heavy atom. The Hall–Kier alpha value is -1.95. The molecule has 1 N–H and O–H groups in total. The number of amides is 2. The fourth-order valence-electron chi connectivity index (χ4n) is 4.36. The fraction of sp³-hybridized carbons (Fsp3) is 0.650. The smallest absolute Gasteiger partial charge is 0.253 e. The molecule has 0 spiro atoms. The normalized spacial score (nSPS) is 23.9. The first-order chi connectivity index (χ1) is 12.6. The number of nitrogens with zero attached hydrogens (tertiary/aromatic N) is 3. The molecule has 1 aliphatic carbocycles. The van der Waals surface area contributed by atoms with E-state index in [-0.39, 0.29) is 23.9 Å². The average Bonchev–Trinajstić information content (AvgIpc) is 3.33. The molecular formula is C20H30N4O2. The van der Waals surface area contributed by atoms with E-state index in [1.54, 1.807) is 24.5 Å². The van der Waals surface area contributed by atoms with Crippen molar-refractivity contribution in [3.8, 4) is 0 Å². The molecule has 26 heavy (non-hydrogen) atoms. The number of hydrogen-bond donors (Lipinski definition) is 1. The first-order valence-electron chi connectivity index (χ1n) is 9.89. The second-order valence-electron chi connectivity index (χ2n) is 7.31. The van der Waals surface area contributed by atoms with E-state index in [0.717, 1.165) is 32.5 Å². The quantitative estimate of drug-likeness (QED) is 0.845. The molecule has 2 aliphatic rings. The lowest BCUT2D eigenvalue weighted by molar-refractivity contribution is -0.136. The standard InChI is InChI=1S/C20H30N4O2/c1-3-23(4-2)20(26)18-12-16(14-24(18)17-9-5-6-10-17)22-19(25)15-8-7-11-21-13-15/h7-8,11,13,16-18H,3-6,9-10,12,14H2,1-2H3,(H,22,25)/t16-,18-/m0/s1. The van der Waals surface area contributed by atoms with Crippen molar-refractivity contribution < 1.29 is 9.59 Å². The highest BCUT2D eigenvalue weighted by Gasteiger charge is 2.42. The number of aromatic nitrogens is 1. The lowest BCUT2D eigenvalue weighted by atomic mass is 10.1. The number of hydrogen-bond acceptors (Lipinski definition) is 4. The Morgan fingerprint density at radius 2 is 2.00 bits per heavy atom. The van der Waals surface area contributed by atoms with Crippen LogP contribution in [0.25, 0.3) is 0 Å². The summed E-state index contributed by atoms with van der Waals surface area (Å²) in [6, 6.07) is 3.90. The summed E-state index contributed by atoms with van der Waals surface area (Å²) in [6.07, 6.45) is 8.72. The van der Waals surface area contributed by atoms with Gasteiger partial charge in [-0.05, 0) is 45.2 Å². The second kappa shape index (κ2) is 8.62. The van der Waals surface area contributed by atoms with Gasteiger partial charge in [0.1, 0.15) is 0 Å². The van der Waals surface area contributed by atoms with E-state index in [0.29, 0.717) is 18.0 Å². The summed E-state index contributed by atoms with van der Waals surface area (Å²) >= 11 is 0. The van der Waals surface area contributed by atoms with Gasteiger partial charge < -0.3 is 10.2 Å². The van der Waals surface area contributed by atoms with Crippen LogP contribution in [-0.2, 0) is 4.79 Å². The van der Waals surface area contributed by atoms with Crippen molar-refractivity contribution in [1.29, 1.82) is 0 Å². The van der Waals surface area contributed by atoms with Crippen LogP contribution in [-0.4, -0.2) is 64.4 Å². The SMILES string of the molecule is CCN(CC)C(=O)[C@@H]1C[C@H](NC(=O)c2cccnc2)CN1C1CCCC1. The Balaban J connectivity index is 1.71. The minimum Gasteiger partial charge on any atom is -0.348 e. The molecule has 3 rings (SSSR count). The Morgan fingerprint density at radius 1 is 1.27 bits per heavy atom. The number of nitrogens with one attached hydrogen (secondary N) is 1. The zero-order valence-electron chi connectivity index (χ0n) is 15.9. The van der Waals surface area contributed by atoms with E-state index in [2.05, 4.69) is 15.2 Å². The topological polar surface area (TPSA) is 65.5 Å². The van der Waals surface area contributed by atoms with Gasteiger partial charge in [0.05, 0.1) is 11.6 Å². The molecule has 2 amide bonds. The van der Waals surface area contributed by atoms with E-state index in [1.807, 2.05) is 18.7 Å². The van der Waals surface area contributed by atoms with Crippen molar-refractivity contribution in [3.05, 3.63) is 30.1 Å². The molecule has 2 fully saturated rings. The maximum atomic E-state index is 13.0.